The summed E-state index contributed by atoms with van der Waals surface area (Å²) in [5.74, 6) is 0.688. The summed E-state index contributed by atoms with van der Waals surface area (Å²) in [4.78, 5) is 25.8. The molecule has 0 saturated heterocycles. The molecule has 0 radical (unpaired) electrons. The Labute approximate surface area is 183 Å². The molecule has 0 bridgehead atoms. The first-order chi connectivity index (χ1) is 13.5. The van der Waals surface area contributed by atoms with Crippen molar-refractivity contribution in [2.24, 2.45) is 5.73 Å². The van der Waals surface area contributed by atoms with Crippen LogP contribution in [0.3, 0.4) is 0 Å². The molecule has 0 atom stereocenters. The van der Waals surface area contributed by atoms with Gasteiger partial charge in [0, 0.05) is 10.4 Å². The third-order valence-electron chi connectivity index (χ3n) is 4.20. The molecule has 0 aliphatic carbocycles. The van der Waals surface area contributed by atoms with Crippen molar-refractivity contribution >= 4 is 47.0 Å². The Bertz CT molecular complexity index is 1030. The number of amides is 1. The molecule has 29 heavy (non-hydrogen) atoms. The number of aromatic nitrogens is 3. The molecule has 10 heteroatoms. The van der Waals surface area contributed by atoms with E-state index in [0.717, 1.165) is 11.3 Å². The molecule has 0 aliphatic heterocycles. The fraction of sp³-hybridized carbons (Fsp3) is 0.263. The highest BCUT2D eigenvalue weighted by molar-refractivity contribution is 7.15. The summed E-state index contributed by atoms with van der Waals surface area (Å²) in [5.41, 5.74) is 6.32. The minimum Gasteiger partial charge on any atom is -0.348 e. The number of nitrogens with one attached hydrogen (secondary N) is 1. The molecule has 0 fully saturated rings. The number of thiophene rings is 1. The Hall–Kier alpha value is -2.26. The second-order valence-electron chi connectivity index (χ2n) is 6.07. The summed E-state index contributed by atoms with van der Waals surface area (Å²) >= 11 is 7.74. The summed E-state index contributed by atoms with van der Waals surface area (Å²) < 4.78 is 1.80. The number of rotatable bonds is 7. The summed E-state index contributed by atoms with van der Waals surface area (Å²) in [5, 5.41) is 12.1. The van der Waals surface area contributed by atoms with E-state index < -0.39 is 0 Å². The van der Waals surface area contributed by atoms with E-state index in [2.05, 4.69) is 15.5 Å². The fourth-order valence-electron chi connectivity index (χ4n) is 2.76. The maximum atomic E-state index is 13.2. The Morgan fingerprint density at radius 1 is 1.24 bits per heavy atom. The zero-order valence-electron chi connectivity index (χ0n) is 15.9. The lowest BCUT2D eigenvalue weighted by molar-refractivity contribution is -0.119. The summed E-state index contributed by atoms with van der Waals surface area (Å²) in [6, 6.07) is 8.85. The van der Waals surface area contributed by atoms with E-state index in [1.165, 1.54) is 11.3 Å². The summed E-state index contributed by atoms with van der Waals surface area (Å²) in [7, 11) is 0. The first-order valence-corrected chi connectivity index (χ1v) is 9.95. The van der Waals surface area contributed by atoms with E-state index in [0.29, 0.717) is 32.8 Å². The Balaban J connectivity index is 0.00000300. The molecular formula is C19H21Cl2N5O2S. The van der Waals surface area contributed by atoms with Crippen LogP contribution in [0.25, 0.3) is 5.00 Å². The summed E-state index contributed by atoms with van der Waals surface area (Å²) in [6.45, 7) is 3.88. The molecular weight excluding hydrogens is 433 g/mol. The van der Waals surface area contributed by atoms with Crippen molar-refractivity contribution in [2.45, 2.75) is 26.8 Å². The lowest BCUT2D eigenvalue weighted by Crippen LogP contribution is -2.30. The van der Waals surface area contributed by atoms with Crippen LogP contribution in [-0.2, 0) is 17.8 Å². The van der Waals surface area contributed by atoms with Crippen LogP contribution in [0.5, 0.6) is 0 Å². The van der Waals surface area contributed by atoms with Crippen LogP contribution in [-0.4, -0.2) is 33.0 Å². The average Bonchev–Trinajstić information content (AvgIpc) is 3.28. The zero-order valence-corrected chi connectivity index (χ0v) is 18.3. The van der Waals surface area contributed by atoms with Gasteiger partial charge in [-0.2, -0.15) is 0 Å². The van der Waals surface area contributed by atoms with Crippen LogP contribution < -0.4 is 11.1 Å². The number of aryl methyl sites for hydroxylation is 2. The molecule has 0 unspecified atom stereocenters. The highest BCUT2D eigenvalue weighted by Crippen LogP contribution is 2.32. The van der Waals surface area contributed by atoms with E-state index in [9.17, 15) is 9.59 Å². The highest BCUT2D eigenvalue weighted by atomic mass is 35.5. The zero-order chi connectivity index (χ0) is 20.3. The minimum absolute atomic E-state index is 0. The average molecular weight is 454 g/mol. The van der Waals surface area contributed by atoms with E-state index >= 15 is 0 Å². The van der Waals surface area contributed by atoms with Gasteiger partial charge in [0.15, 0.2) is 11.6 Å². The van der Waals surface area contributed by atoms with Gasteiger partial charge in [0.25, 0.3) is 0 Å². The third kappa shape index (κ3) is 4.84. The van der Waals surface area contributed by atoms with Crippen LogP contribution in [0, 0.1) is 6.92 Å². The van der Waals surface area contributed by atoms with Crippen LogP contribution >= 0.6 is 35.3 Å². The summed E-state index contributed by atoms with van der Waals surface area (Å²) in [6.07, 6.45) is 0.786. The first kappa shape index (κ1) is 23.0. The van der Waals surface area contributed by atoms with E-state index in [-0.39, 0.29) is 37.2 Å². The SMILES string of the molecule is CCc1cc(C(=O)c2ccccc2Cl)c(-n2c(C)nnc2CNC(=O)CN)s1.Cl. The second-order valence-corrected chi connectivity index (χ2v) is 7.60. The highest BCUT2D eigenvalue weighted by Gasteiger charge is 2.23. The molecule has 1 amide bonds. The number of ketones is 1. The van der Waals surface area contributed by atoms with Gasteiger partial charge >= 0.3 is 0 Å². The van der Waals surface area contributed by atoms with Gasteiger partial charge in [0.1, 0.15) is 10.8 Å². The number of hydrogen-bond acceptors (Lipinski definition) is 6. The van der Waals surface area contributed by atoms with Crippen molar-refractivity contribution in [3.63, 3.8) is 0 Å². The van der Waals surface area contributed by atoms with Crippen molar-refractivity contribution in [1.29, 1.82) is 0 Å². The quantitative estimate of drug-likeness (QED) is 0.534. The molecule has 3 rings (SSSR count). The number of halogens is 2. The smallest absolute Gasteiger partial charge is 0.234 e. The monoisotopic (exact) mass is 453 g/mol. The topological polar surface area (TPSA) is 103 Å². The molecule has 1 aromatic carbocycles. The predicted molar refractivity (Wildman–Crippen MR) is 116 cm³/mol. The predicted octanol–water partition coefficient (Wildman–Crippen LogP) is 3.08. The van der Waals surface area contributed by atoms with Crippen LogP contribution in [0.2, 0.25) is 5.02 Å². The van der Waals surface area contributed by atoms with Crippen molar-refractivity contribution in [3.8, 4) is 5.00 Å². The third-order valence-corrected chi connectivity index (χ3v) is 5.79. The van der Waals surface area contributed by atoms with Crippen molar-refractivity contribution in [3.05, 3.63) is 63.0 Å². The van der Waals surface area contributed by atoms with Gasteiger partial charge in [-0.1, -0.05) is 30.7 Å². The molecule has 3 N–H and O–H groups in total. The van der Waals surface area contributed by atoms with Gasteiger partial charge in [-0.15, -0.1) is 33.9 Å². The largest absolute Gasteiger partial charge is 0.348 e. The van der Waals surface area contributed by atoms with Gasteiger partial charge in [-0.25, -0.2) is 0 Å². The molecule has 7 nitrogen and oxygen atoms in total. The molecule has 0 spiro atoms. The Kier molecular flexibility index (Phi) is 7.92. The Morgan fingerprint density at radius 3 is 2.62 bits per heavy atom. The number of benzene rings is 1. The number of carbonyl (C=O) groups is 2. The molecule has 0 aliphatic rings. The van der Waals surface area contributed by atoms with Crippen molar-refractivity contribution < 1.29 is 9.59 Å². The number of carbonyl (C=O) groups excluding carboxylic acids is 2. The molecule has 2 aromatic heterocycles. The molecule has 0 saturated carbocycles. The van der Waals surface area contributed by atoms with Gasteiger partial charge in [0.2, 0.25) is 5.91 Å². The van der Waals surface area contributed by atoms with Crippen molar-refractivity contribution in [1.82, 2.24) is 20.1 Å². The van der Waals surface area contributed by atoms with Crippen LogP contribution in [0.1, 0.15) is 39.4 Å². The number of hydrogen-bond donors (Lipinski definition) is 2. The lowest BCUT2D eigenvalue weighted by Gasteiger charge is -2.10. The van der Waals surface area contributed by atoms with Gasteiger partial charge in [-0.3, -0.25) is 14.2 Å². The fourth-order valence-corrected chi connectivity index (χ4v) is 4.14. The maximum Gasteiger partial charge on any atom is 0.234 e. The van der Waals surface area contributed by atoms with Gasteiger partial charge in [-0.05, 0) is 31.5 Å². The number of nitrogens with zero attached hydrogens (tertiary/aromatic N) is 3. The number of nitrogens with two attached hydrogens (primary N) is 1. The lowest BCUT2D eigenvalue weighted by atomic mass is 10.0. The maximum absolute atomic E-state index is 13.2. The molecule has 154 valence electrons. The first-order valence-electron chi connectivity index (χ1n) is 8.76. The van der Waals surface area contributed by atoms with Crippen molar-refractivity contribution in [2.75, 3.05) is 6.54 Å². The van der Waals surface area contributed by atoms with Gasteiger partial charge < -0.3 is 11.1 Å². The van der Waals surface area contributed by atoms with E-state index in [1.807, 2.05) is 13.0 Å². The van der Waals surface area contributed by atoms with Crippen LogP contribution in [0.15, 0.2) is 30.3 Å². The van der Waals surface area contributed by atoms with E-state index in [4.69, 9.17) is 17.3 Å². The van der Waals surface area contributed by atoms with Gasteiger partial charge in [0.05, 0.1) is 23.7 Å². The Morgan fingerprint density at radius 2 is 1.97 bits per heavy atom. The normalized spacial score (nSPS) is 10.5. The molecule has 3 aromatic rings. The molecule has 2 heterocycles. The minimum atomic E-state index is -0.292. The second kappa shape index (κ2) is 9.98. The standard InChI is InChI=1S/C19H20ClN5O2S.ClH/c1-3-12-8-14(18(27)13-6-4-5-7-15(13)20)19(28-12)25-11(2)23-24-16(25)10-22-17(26)9-21;/h4-8H,3,9-10,21H2,1-2H3,(H,22,26);1H. The van der Waals surface area contributed by atoms with E-state index in [1.54, 1.807) is 35.8 Å². The van der Waals surface area contributed by atoms with Crippen LogP contribution in [0.4, 0.5) is 0 Å².